The van der Waals surface area contributed by atoms with Crippen molar-refractivity contribution in [3.05, 3.63) is 140 Å². The molecule has 7 nitrogen and oxygen atoms in total. The number of para-hydroxylation sites is 2. The maximum atomic E-state index is 10.0. The second-order valence-electron chi connectivity index (χ2n) is 8.89. The van der Waals surface area contributed by atoms with Gasteiger partial charge >= 0.3 is 0 Å². The van der Waals surface area contributed by atoms with Crippen molar-refractivity contribution >= 4 is 63.1 Å². The summed E-state index contributed by atoms with van der Waals surface area (Å²) in [7, 11) is 0. The predicted molar refractivity (Wildman–Crippen MR) is 160 cm³/mol. The van der Waals surface area contributed by atoms with E-state index in [4.69, 9.17) is 49.3 Å². The summed E-state index contributed by atoms with van der Waals surface area (Å²) in [5, 5.41) is 15.5. The normalized spacial score (nSPS) is 16.0. The van der Waals surface area contributed by atoms with Crippen molar-refractivity contribution in [1.29, 1.82) is 0 Å². The molecule has 0 aliphatic carbocycles. The minimum Gasteiger partial charge on any atom is -0.488 e. The van der Waals surface area contributed by atoms with Gasteiger partial charge in [-0.15, -0.1) is 0 Å². The summed E-state index contributed by atoms with van der Waals surface area (Å²) < 4.78 is 12.4. The average Bonchev–Trinajstić information content (AvgIpc) is 2.97. The zero-order valence-corrected chi connectivity index (χ0v) is 23.4. The van der Waals surface area contributed by atoms with Gasteiger partial charge in [0.25, 0.3) is 0 Å². The molecule has 1 aliphatic rings. The Morgan fingerprint density at radius 1 is 0.927 bits per heavy atom. The van der Waals surface area contributed by atoms with Gasteiger partial charge in [0.2, 0.25) is 0 Å². The number of benzene rings is 3. The van der Waals surface area contributed by atoms with E-state index in [2.05, 4.69) is 15.1 Å². The smallest absolute Gasteiger partial charge is 0.188 e. The minimum absolute atomic E-state index is 0.168. The summed E-state index contributed by atoms with van der Waals surface area (Å²) in [6, 6.07) is 25.4. The van der Waals surface area contributed by atoms with Crippen molar-refractivity contribution in [2.24, 2.45) is 5.16 Å². The molecule has 0 saturated carbocycles. The molecule has 5 aromatic rings. The Bertz CT molecular complexity index is 1870. The largest absolute Gasteiger partial charge is 0.488 e. The number of fused-ring (bicyclic) bond motifs is 1. The molecule has 0 unspecified atom stereocenters. The van der Waals surface area contributed by atoms with Gasteiger partial charge in [-0.3, -0.25) is 4.98 Å². The highest BCUT2D eigenvalue weighted by Gasteiger charge is 2.36. The second kappa shape index (κ2) is 11.6. The van der Waals surface area contributed by atoms with Gasteiger partial charge in [-0.2, -0.15) is 0 Å². The van der Waals surface area contributed by atoms with Crippen molar-refractivity contribution in [3.8, 4) is 5.75 Å². The van der Waals surface area contributed by atoms with Crippen LogP contribution in [0.5, 0.6) is 5.75 Å². The first kappa shape index (κ1) is 26.8. The van der Waals surface area contributed by atoms with Crippen molar-refractivity contribution in [2.45, 2.75) is 6.61 Å². The van der Waals surface area contributed by atoms with Gasteiger partial charge in [-0.1, -0.05) is 82.4 Å². The van der Waals surface area contributed by atoms with Gasteiger partial charge in [0.05, 0.1) is 16.8 Å². The number of ether oxygens (including phenoxy) is 2. The number of rotatable bonds is 6. The average molecular weight is 602 g/mol. The third-order valence-electron chi connectivity index (χ3n) is 6.29. The molecule has 0 atom stereocenters. The van der Waals surface area contributed by atoms with Crippen LogP contribution in [0.15, 0.2) is 108 Å². The van der Waals surface area contributed by atoms with E-state index in [1.807, 2.05) is 60.7 Å². The zero-order chi connectivity index (χ0) is 28.3. The van der Waals surface area contributed by atoms with Crippen LogP contribution in [0.1, 0.15) is 22.6 Å². The molecule has 0 bridgehead atoms. The number of halogens is 3. The van der Waals surface area contributed by atoms with Crippen LogP contribution in [0, 0.1) is 0 Å². The lowest BCUT2D eigenvalue weighted by Crippen LogP contribution is -2.25. The molecule has 0 amide bonds. The molecule has 0 spiro atoms. The van der Waals surface area contributed by atoms with E-state index in [1.54, 1.807) is 36.5 Å². The summed E-state index contributed by atoms with van der Waals surface area (Å²) in [6.07, 6.45) is 3.34. The molecule has 3 aromatic carbocycles. The summed E-state index contributed by atoms with van der Waals surface area (Å²) in [6.45, 7) is 0.168. The van der Waals surface area contributed by atoms with Crippen molar-refractivity contribution in [1.82, 2.24) is 15.0 Å². The molecule has 1 fully saturated rings. The van der Waals surface area contributed by atoms with Gasteiger partial charge in [-0.05, 0) is 42.5 Å². The van der Waals surface area contributed by atoms with Crippen LogP contribution in [0.3, 0.4) is 0 Å². The van der Waals surface area contributed by atoms with E-state index >= 15 is 0 Å². The molecule has 6 rings (SSSR count). The summed E-state index contributed by atoms with van der Waals surface area (Å²) >= 11 is 19.1. The zero-order valence-electron chi connectivity index (χ0n) is 21.1. The fourth-order valence-electron chi connectivity index (χ4n) is 4.32. The fourth-order valence-corrected chi connectivity index (χ4v) is 5.02. The van der Waals surface area contributed by atoms with E-state index in [-0.39, 0.29) is 29.1 Å². The number of pyridine rings is 1. The lowest BCUT2D eigenvalue weighted by molar-refractivity contribution is 0.275. The number of nitrogens with zero attached hydrogens (tertiary/aromatic N) is 4. The third-order valence-corrected chi connectivity index (χ3v) is 7.16. The quantitative estimate of drug-likeness (QED) is 0.120. The van der Waals surface area contributed by atoms with Crippen LogP contribution in [0.4, 0.5) is 0 Å². The Kier molecular flexibility index (Phi) is 7.57. The molecule has 202 valence electrons. The highest BCUT2D eigenvalue weighted by Crippen LogP contribution is 2.40. The first-order chi connectivity index (χ1) is 20.0. The maximum absolute atomic E-state index is 10.0. The molecule has 1 saturated heterocycles. The van der Waals surface area contributed by atoms with Crippen LogP contribution in [-0.4, -0.2) is 25.9 Å². The van der Waals surface area contributed by atoms with Gasteiger partial charge in [0, 0.05) is 38.8 Å². The van der Waals surface area contributed by atoms with E-state index in [9.17, 15) is 5.21 Å². The number of hydrogen-bond donors (Lipinski definition) is 1. The maximum Gasteiger partial charge on any atom is 0.188 e. The van der Waals surface area contributed by atoms with E-state index in [1.165, 1.54) is 0 Å². The van der Waals surface area contributed by atoms with Crippen LogP contribution >= 0.6 is 34.8 Å². The van der Waals surface area contributed by atoms with E-state index in [0.29, 0.717) is 49.3 Å². The highest BCUT2D eigenvalue weighted by atomic mass is 35.5. The molecular formula is C31H19Cl3N4O3. The SMILES string of the molecule is O/N=C1C(=C\c2ccccn2)\OC\1=C(/c1nc(Cl)c2ccccc2n1)c1ccccc1OCc1ccc(Cl)cc1Cl. The number of hydrogen-bond acceptors (Lipinski definition) is 7. The third kappa shape index (κ3) is 5.47. The highest BCUT2D eigenvalue weighted by molar-refractivity contribution is 6.35. The van der Waals surface area contributed by atoms with Crippen molar-refractivity contribution in [3.63, 3.8) is 0 Å². The summed E-state index contributed by atoms with van der Waals surface area (Å²) in [4.78, 5) is 13.7. The monoisotopic (exact) mass is 600 g/mol. The molecule has 1 aliphatic heterocycles. The van der Waals surface area contributed by atoms with Crippen LogP contribution in [0.25, 0.3) is 22.6 Å². The van der Waals surface area contributed by atoms with Crippen LogP contribution in [-0.2, 0) is 11.3 Å². The number of aromatic nitrogens is 3. The van der Waals surface area contributed by atoms with Crippen LogP contribution in [0.2, 0.25) is 15.2 Å². The fraction of sp³-hybridized carbons (Fsp3) is 0.0323. The van der Waals surface area contributed by atoms with Crippen molar-refractivity contribution < 1.29 is 14.7 Å². The lowest BCUT2D eigenvalue weighted by atomic mass is 9.96. The molecule has 2 aromatic heterocycles. The standard InChI is InChI=1S/C31H19Cl3N4O3/c32-19-13-12-18(23(33)15-19)17-40-25-11-4-2-9-22(25)27(31-36-24-10-3-1-8-21(24)30(34)37-31)29-28(38-39)26(41-29)16-20-7-5-6-14-35-20/h1-16,39H,17H2/b26-16-,29-27-,38-28+. The van der Waals surface area contributed by atoms with Gasteiger partial charge in [0.1, 0.15) is 17.5 Å². The second-order valence-corrected chi connectivity index (χ2v) is 10.1. The Labute approximate surface area is 250 Å². The van der Waals surface area contributed by atoms with E-state index in [0.717, 1.165) is 5.56 Å². The molecule has 1 N–H and O–H groups in total. The molecule has 41 heavy (non-hydrogen) atoms. The summed E-state index contributed by atoms with van der Waals surface area (Å²) in [5.74, 6) is 1.35. The minimum atomic E-state index is 0.168. The Balaban J connectivity index is 1.49. The van der Waals surface area contributed by atoms with Gasteiger partial charge in [0.15, 0.2) is 23.1 Å². The predicted octanol–water partition coefficient (Wildman–Crippen LogP) is 8.22. The Morgan fingerprint density at radius 2 is 1.73 bits per heavy atom. The molecule has 10 heteroatoms. The molecule has 3 heterocycles. The molecule has 0 radical (unpaired) electrons. The summed E-state index contributed by atoms with van der Waals surface area (Å²) in [5.41, 5.74) is 3.26. The molecular weight excluding hydrogens is 583 g/mol. The van der Waals surface area contributed by atoms with Gasteiger partial charge in [-0.25, -0.2) is 9.97 Å². The lowest BCUT2D eigenvalue weighted by Gasteiger charge is -2.27. The van der Waals surface area contributed by atoms with Gasteiger partial charge < -0.3 is 14.7 Å². The number of oxime groups is 1. The van der Waals surface area contributed by atoms with Crippen molar-refractivity contribution in [2.75, 3.05) is 0 Å². The van der Waals surface area contributed by atoms with E-state index < -0.39 is 0 Å². The Hall–Kier alpha value is -4.43. The first-order valence-corrected chi connectivity index (χ1v) is 13.5. The van der Waals surface area contributed by atoms with Crippen LogP contribution < -0.4 is 4.74 Å². The first-order valence-electron chi connectivity index (χ1n) is 12.4. The Morgan fingerprint density at radius 3 is 2.54 bits per heavy atom. The topological polar surface area (TPSA) is 89.7 Å².